The molecule has 1 aromatic heterocycles. The molecule has 0 saturated carbocycles. The van der Waals surface area contributed by atoms with Crippen molar-refractivity contribution in [3.05, 3.63) is 23.8 Å². The first-order valence-electron chi connectivity index (χ1n) is 3.27. The molecule has 12 heavy (non-hydrogen) atoms. The summed E-state index contributed by atoms with van der Waals surface area (Å²) in [5.41, 5.74) is 5.55. The maximum atomic E-state index is 12.4. The molecule has 5 heteroatoms. The highest BCUT2D eigenvalue weighted by atomic mass is 19.1. The Morgan fingerprint density at radius 1 is 1.75 bits per heavy atom. The van der Waals surface area contributed by atoms with Gasteiger partial charge in [-0.25, -0.2) is 4.39 Å². The van der Waals surface area contributed by atoms with Crippen LogP contribution in [-0.2, 0) is 4.74 Å². The molecule has 1 atom stereocenters. The molecule has 0 bridgehead atoms. The molecule has 4 nitrogen and oxygen atoms in total. The number of aliphatic hydroxyl groups excluding tert-OH is 1. The number of nitrogens with two attached hydrogens (primary N) is 1. The average molecular weight is 172 g/mol. The van der Waals surface area contributed by atoms with E-state index < -0.39 is 12.1 Å². The molecule has 1 heterocycles. The number of methoxy groups -OCH3 is 1. The van der Waals surface area contributed by atoms with Crippen LogP contribution in [0.4, 0.5) is 10.1 Å². The zero-order valence-corrected chi connectivity index (χ0v) is 6.49. The third-order valence-electron chi connectivity index (χ3n) is 1.37. The summed E-state index contributed by atoms with van der Waals surface area (Å²) in [4.78, 5) is 3.57. The van der Waals surface area contributed by atoms with Crippen molar-refractivity contribution in [2.75, 3.05) is 12.8 Å². The van der Waals surface area contributed by atoms with Crippen LogP contribution < -0.4 is 5.73 Å². The summed E-state index contributed by atoms with van der Waals surface area (Å²) in [6, 6.07) is 1.07. The van der Waals surface area contributed by atoms with Gasteiger partial charge in [0, 0.05) is 13.2 Å². The van der Waals surface area contributed by atoms with Crippen molar-refractivity contribution in [3.63, 3.8) is 0 Å². The number of hydrogen-bond acceptors (Lipinski definition) is 4. The molecular formula is C7H9FN2O2. The van der Waals surface area contributed by atoms with Gasteiger partial charge in [0.15, 0.2) is 6.29 Å². The number of nitrogen functional groups attached to an aromatic ring is 1. The Kier molecular flexibility index (Phi) is 2.57. The van der Waals surface area contributed by atoms with E-state index in [0.29, 0.717) is 0 Å². The highest BCUT2D eigenvalue weighted by Crippen LogP contribution is 2.18. The standard InChI is InChI=1S/C7H9FN2O2/c1-12-7(11)6-5(9)2-4(8)3-10-6/h2-3,7,11H,9H2,1H3. The van der Waals surface area contributed by atoms with Gasteiger partial charge in [0.25, 0.3) is 0 Å². The zero-order valence-electron chi connectivity index (χ0n) is 6.49. The summed E-state index contributed by atoms with van der Waals surface area (Å²) in [5, 5.41) is 9.11. The summed E-state index contributed by atoms with van der Waals surface area (Å²) in [5.74, 6) is -0.542. The van der Waals surface area contributed by atoms with Crippen molar-refractivity contribution in [1.29, 1.82) is 0 Å². The minimum Gasteiger partial charge on any atom is -0.397 e. The van der Waals surface area contributed by atoms with Gasteiger partial charge in [-0.3, -0.25) is 4.98 Å². The fraction of sp³-hybridized carbons (Fsp3) is 0.286. The number of aliphatic hydroxyl groups is 1. The number of halogens is 1. The van der Waals surface area contributed by atoms with Crippen molar-refractivity contribution < 1.29 is 14.2 Å². The summed E-state index contributed by atoms with van der Waals surface area (Å²) < 4.78 is 17.0. The van der Waals surface area contributed by atoms with Crippen LogP contribution in [0, 0.1) is 5.82 Å². The van der Waals surface area contributed by atoms with Crippen LogP contribution in [0.15, 0.2) is 12.3 Å². The van der Waals surface area contributed by atoms with Gasteiger partial charge in [0.05, 0.1) is 11.9 Å². The van der Waals surface area contributed by atoms with E-state index in [9.17, 15) is 4.39 Å². The average Bonchev–Trinajstić information content (AvgIpc) is 2.03. The van der Waals surface area contributed by atoms with Gasteiger partial charge in [-0.15, -0.1) is 0 Å². The molecular weight excluding hydrogens is 163 g/mol. The van der Waals surface area contributed by atoms with Gasteiger partial charge in [0.1, 0.15) is 11.5 Å². The van der Waals surface area contributed by atoms with Crippen LogP contribution in [0.3, 0.4) is 0 Å². The summed E-state index contributed by atoms with van der Waals surface area (Å²) in [6.45, 7) is 0. The molecule has 0 fully saturated rings. The molecule has 0 saturated heterocycles. The maximum Gasteiger partial charge on any atom is 0.200 e. The van der Waals surface area contributed by atoms with Crippen LogP contribution in [0.25, 0.3) is 0 Å². The topological polar surface area (TPSA) is 68.4 Å². The van der Waals surface area contributed by atoms with Crippen molar-refractivity contribution in [2.45, 2.75) is 6.29 Å². The Bertz CT molecular complexity index is 280. The molecule has 1 rings (SSSR count). The fourth-order valence-corrected chi connectivity index (χ4v) is 0.783. The lowest BCUT2D eigenvalue weighted by molar-refractivity contribution is -0.0793. The molecule has 66 valence electrons. The number of ether oxygens (including phenoxy) is 1. The predicted molar refractivity (Wildman–Crippen MR) is 40.6 cm³/mol. The van der Waals surface area contributed by atoms with E-state index in [1.54, 1.807) is 0 Å². The number of aromatic nitrogens is 1. The minimum atomic E-state index is -1.20. The van der Waals surface area contributed by atoms with Crippen LogP contribution in [0.1, 0.15) is 12.0 Å². The number of rotatable bonds is 2. The van der Waals surface area contributed by atoms with Crippen LogP contribution in [0.2, 0.25) is 0 Å². The molecule has 1 aromatic rings. The van der Waals surface area contributed by atoms with Gasteiger partial charge in [0.2, 0.25) is 0 Å². The van der Waals surface area contributed by atoms with E-state index in [-0.39, 0.29) is 11.4 Å². The quantitative estimate of drug-likeness (QED) is 0.635. The molecule has 0 aliphatic carbocycles. The Hall–Kier alpha value is -1.20. The maximum absolute atomic E-state index is 12.4. The van der Waals surface area contributed by atoms with E-state index in [1.165, 1.54) is 7.11 Å². The van der Waals surface area contributed by atoms with Crippen LogP contribution >= 0.6 is 0 Å². The highest BCUT2D eigenvalue weighted by Gasteiger charge is 2.11. The first kappa shape index (κ1) is 8.89. The van der Waals surface area contributed by atoms with Gasteiger partial charge in [-0.05, 0) is 0 Å². The molecule has 0 spiro atoms. The van der Waals surface area contributed by atoms with Gasteiger partial charge < -0.3 is 15.6 Å². The van der Waals surface area contributed by atoms with Crippen LogP contribution in [0.5, 0.6) is 0 Å². The van der Waals surface area contributed by atoms with E-state index in [1.807, 2.05) is 0 Å². The van der Waals surface area contributed by atoms with Gasteiger partial charge in [-0.2, -0.15) is 0 Å². The second-order valence-electron chi connectivity index (χ2n) is 2.22. The van der Waals surface area contributed by atoms with Crippen molar-refractivity contribution >= 4 is 5.69 Å². The third-order valence-corrected chi connectivity index (χ3v) is 1.37. The van der Waals surface area contributed by atoms with Crippen molar-refractivity contribution in [1.82, 2.24) is 4.98 Å². The zero-order chi connectivity index (χ0) is 9.14. The largest absolute Gasteiger partial charge is 0.397 e. The SMILES string of the molecule is COC(O)c1ncc(F)cc1N. The normalized spacial score (nSPS) is 12.9. The molecule has 0 amide bonds. The first-order chi connectivity index (χ1) is 5.65. The summed E-state index contributed by atoms with van der Waals surface area (Å²) in [7, 11) is 1.30. The smallest absolute Gasteiger partial charge is 0.200 e. The minimum absolute atomic E-state index is 0.0735. The summed E-state index contributed by atoms with van der Waals surface area (Å²) in [6.07, 6.45) is -0.237. The van der Waals surface area contributed by atoms with E-state index in [4.69, 9.17) is 10.8 Å². The molecule has 0 aliphatic heterocycles. The Morgan fingerprint density at radius 2 is 2.42 bits per heavy atom. The van der Waals surface area contributed by atoms with Crippen molar-refractivity contribution in [2.24, 2.45) is 0 Å². The third kappa shape index (κ3) is 1.69. The summed E-state index contributed by atoms with van der Waals surface area (Å²) >= 11 is 0. The first-order valence-corrected chi connectivity index (χ1v) is 3.27. The van der Waals surface area contributed by atoms with Gasteiger partial charge >= 0.3 is 0 Å². The lowest BCUT2D eigenvalue weighted by atomic mass is 10.3. The Balaban J connectivity index is 3.01. The fourth-order valence-electron chi connectivity index (χ4n) is 0.783. The molecule has 0 radical (unpaired) electrons. The number of anilines is 1. The van der Waals surface area contributed by atoms with Crippen LogP contribution in [-0.4, -0.2) is 17.2 Å². The van der Waals surface area contributed by atoms with Gasteiger partial charge in [-0.1, -0.05) is 0 Å². The number of hydrogen-bond donors (Lipinski definition) is 2. The van der Waals surface area contributed by atoms with E-state index in [0.717, 1.165) is 12.3 Å². The van der Waals surface area contributed by atoms with Crippen molar-refractivity contribution in [3.8, 4) is 0 Å². The number of pyridine rings is 1. The number of nitrogens with zero attached hydrogens (tertiary/aromatic N) is 1. The highest BCUT2D eigenvalue weighted by molar-refractivity contribution is 5.42. The second-order valence-corrected chi connectivity index (χ2v) is 2.22. The molecule has 3 N–H and O–H groups in total. The lowest BCUT2D eigenvalue weighted by Crippen LogP contribution is -2.06. The Labute approximate surface area is 68.8 Å². The molecule has 0 aromatic carbocycles. The van der Waals surface area contributed by atoms with E-state index in [2.05, 4.69) is 9.72 Å². The van der Waals surface area contributed by atoms with E-state index >= 15 is 0 Å². The molecule has 0 aliphatic rings. The predicted octanol–water partition coefficient (Wildman–Crippen LogP) is 0.440. The second kappa shape index (κ2) is 3.46. The Morgan fingerprint density at radius 3 is 2.92 bits per heavy atom. The molecule has 1 unspecified atom stereocenters. The monoisotopic (exact) mass is 172 g/mol. The lowest BCUT2D eigenvalue weighted by Gasteiger charge is -2.09.